The first-order valence-electron chi connectivity index (χ1n) is 11.7. The summed E-state index contributed by atoms with van der Waals surface area (Å²) >= 11 is 0. The van der Waals surface area contributed by atoms with E-state index in [0.717, 1.165) is 83.4 Å². The maximum atomic E-state index is 12.5. The first kappa shape index (κ1) is 21.2. The van der Waals surface area contributed by atoms with Crippen molar-refractivity contribution < 1.29 is 14.3 Å². The molecular weight excluding hydrogens is 382 g/mol. The molecule has 0 atom stereocenters. The van der Waals surface area contributed by atoms with Crippen molar-refractivity contribution in [3.63, 3.8) is 0 Å². The van der Waals surface area contributed by atoms with Crippen molar-refractivity contribution in [1.82, 2.24) is 19.6 Å². The van der Waals surface area contributed by atoms with Crippen LogP contribution in [0.5, 0.6) is 0 Å². The number of aromatic nitrogens is 2. The van der Waals surface area contributed by atoms with Gasteiger partial charge in [0.05, 0.1) is 18.8 Å². The van der Waals surface area contributed by atoms with Gasteiger partial charge in [0.25, 0.3) is 0 Å². The molecule has 166 valence electrons. The maximum absolute atomic E-state index is 12.5. The third kappa shape index (κ3) is 4.79. The molecule has 1 aliphatic carbocycles. The van der Waals surface area contributed by atoms with Gasteiger partial charge in [-0.05, 0) is 45.4 Å². The van der Waals surface area contributed by atoms with Gasteiger partial charge in [0, 0.05) is 44.2 Å². The van der Waals surface area contributed by atoms with Gasteiger partial charge in [0.1, 0.15) is 5.82 Å². The lowest BCUT2D eigenvalue weighted by molar-refractivity contribution is -0.119. The molecule has 1 N–H and O–H groups in total. The molecule has 8 nitrogen and oxygen atoms in total. The summed E-state index contributed by atoms with van der Waals surface area (Å²) in [7, 11) is 0. The predicted octanol–water partition coefficient (Wildman–Crippen LogP) is 3.27. The second-order valence-corrected chi connectivity index (χ2v) is 8.82. The Hall–Kier alpha value is -2.09. The highest BCUT2D eigenvalue weighted by Crippen LogP contribution is 2.30. The van der Waals surface area contributed by atoms with E-state index in [0.29, 0.717) is 18.7 Å². The molecule has 3 aliphatic rings. The molecule has 2 amide bonds. The van der Waals surface area contributed by atoms with Gasteiger partial charge in [-0.15, -0.1) is 0 Å². The summed E-state index contributed by atoms with van der Waals surface area (Å²) in [5, 5.41) is 7.66. The highest BCUT2D eigenvalue weighted by Gasteiger charge is 2.31. The average molecular weight is 418 g/mol. The van der Waals surface area contributed by atoms with E-state index in [1.807, 2.05) is 22.6 Å². The minimum atomic E-state index is -0.180. The van der Waals surface area contributed by atoms with E-state index in [1.54, 1.807) is 6.20 Å². The Bertz CT molecular complexity index is 714. The monoisotopic (exact) mass is 417 g/mol. The number of carbonyl (C=O) groups excluding carboxylic acids is 2. The number of ether oxygens (including phenoxy) is 1. The maximum Gasteiger partial charge on any atom is 0.409 e. The van der Waals surface area contributed by atoms with Crippen LogP contribution in [0.4, 0.5) is 10.6 Å². The van der Waals surface area contributed by atoms with Gasteiger partial charge in [0.2, 0.25) is 5.91 Å². The van der Waals surface area contributed by atoms with E-state index in [1.165, 1.54) is 0 Å². The van der Waals surface area contributed by atoms with E-state index in [4.69, 9.17) is 4.74 Å². The molecule has 3 fully saturated rings. The quantitative estimate of drug-likeness (QED) is 0.795. The third-order valence-electron chi connectivity index (χ3n) is 7.00. The summed E-state index contributed by atoms with van der Waals surface area (Å²) in [5.74, 6) is 1.16. The summed E-state index contributed by atoms with van der Waals surface area (Å²) in [6, 6.07) is 2.79. The van der Waals surface area contributed by atoms with Gasteiger partial charge < -0.3 is 19.9 Å². The lowest BCUT2D eigenvalue weighted by Crippen LogP contribution is -2.49. The SMILES string of the molecule is CCOC(=O)N1CCC(N2CCC(n3nccc3NC(=O)C3CCCC3)CC2)CC1. The Kier molecular flexibility index (Phi) is 6.92. The lowest BCUT2D eigenvalue weighted by atomic mass is 9.98. The van der Waals surface area contributed by atoms with Crippen molar-refractivity contribution in [3.05, 3.63) is 12.3 Å². The van der Waals surface area contributed by atoms with E-state index in [-0.39, 0.29) is 17.9 Å². The van der Waals surface area contributed by atoms with Crippen LogP contribution in [0.2, 0.25) is 0 Å². The van der Waals surface area contributed by atoms with Crippen molar-refractivity contribution in [2.24, 2.45) is 5.92 Å². The highest BCUT2D eigenvalue weighted by atomic mass is 16.6. The highest BCUT2D eigenvalue weighted by molar-refractivity contribution is 5.91. The molecule has 3 heterocycles. The summed E-state index contributed by atoms with van der Waals surface area (Å²) in [4.78, 5) is 28.8. The topological polar surface area (TPSA) is 79.7 Å². The van der Waals surface area contributed by atoms with Crippen LogP contribution >= 0.6 is 0 Å². The number of anilines is 1. The number of nitrogens with zero attached hydrogens (tertiary/aromatic N) is 4. The van der Waals surface area contributed by atoms with Crippen LogP contribution in [0, 0.1) is 5.92 Å². The van der Waals surface area contributed by atoms with Gasteiger partial charge in [-0.25, -0.2) is 9.48 Å². The number of hydrogen-bond donors (Lipinski definition) is 1. The zero-order chi connectivity index (χ0) is 20.9. The molecule has 0 radical (unpaired) electrons. The Labute approximate surface area is 178 Å². The fourth-order valence-corrected chi connectivity index (χ4v) is 5.24. The number of nitrogens with one attached hydrogen (secondary N) is 1. The van der Waals surface area contributed by atoms with E-state index < -0.39 is 0 Å². The molecule has 1 aromatic heterocycles. The van der Waals surface area contributed by atoms with Crippen molar-refractivity contribution in [2.45, 2.75) is 70.4 Å². The minimum Gasteiger partial charge on any atom is -0.450 e. The zero-order valence-electron chi connectivity index (χ0n) is 18.1. The number of rotatable bonds is 5. The summed E-state index contributed by atoms with van der Waals surface area (Å²) in [6.45, 7) is 5.90. The average Bonchev–Trinajstić information content (AvgIpc) is 3.47. The van der Waals surface area contributed by atoms with Crippen LogP contribution in [0.15, 0.2) is 12.3 Å². The fourth-order valence-electron chi connectivity index (χ4n) is 5.24. The number of likely N-dealkylation sites (tertiary alicyclic amines) is 2. The molecular formula is C22H35N5O3. The molecule has 1 aromatic rings. The van der Waals surface area contributed by atoms with Crippen molar-refractivity contribution >= 4 is 17.8 Å². The van der Waals surface area contributed by atoms with Crippen LogP contribution < -0.4 is 5.32 Å². The Balaban J connectivity index is 1.26. The molecule has 0 aromatic carbocycles. The Morgan fingerprint density at radius 1 is 1.03 bits per heavy atom. The second-order valence-electron chi connectivity index (χ2n) is 8.82. The van der Waals surface area contributed by atoms with E-state index in [9.17, 15) is 9.59 Å². The molecule has 1 saturated carbocycles. The van der Waals surface area contributed by atoms with Gasteiger partial charge in [-0.3, -0.25) is 4.79 Å². The van der Waals surface area contributed by atoms with Crippen LogP contribution in [0.25, 0.3) is 0 Å². The molecule has 8 heteroatoms. The van der Waals surface area contributed by atoms with Gasteiger partial charge >= 0.3 is 6.09 Å². The van der Waals surface area contributed by atoms with E-state index >= 15 is 0 Å². The molecule has 0 unspecified atom stereocenters. The van der Waals surface area contributed by atoms with Crippen LogP contribution in [0.1, 0.15) is 64.3 Å². The number of piperidine rings is 2. The first-order valence-corrected chi connectivity index (χ1v) is 11.7. The predicted molar refractivity (Wildman–Crippen MR) is 114 cm³/mol. The summed E-state index contributed by atoms with van der Waals surface area (Å²) in [5.41, 5.74) is 0. The lowest BCUT2D eigenvalue weighted by Gasteiger charge is -2.41. The zero-order valence-corrected chi connectivity index (χ0v) is 18.1. The molecule has 0 bridgehead atoms. The van der Waals surface area contributed by atoms with Crippen LogP contribution in [0.3, 0.4) is 0 Å². The van der Waals surface area contributed by atoms with Crippen LogP contribution in [-0.4, -0.2) is 70.4 Å². The largest absolute Gasteiger partial charge is 0.450 e. The molecule has 30 heavy (non-hydrogen) atoms. The molecule has 2 aliphatic heterocycles. The normalized spacial score (nSPS) is 22.4. The second kappa shape index (κ2) is 9.81. The van der Waals surface area contributed by atoms with E-state index in [2.05, 4.69) is 15.3 Å². The molecule has 2 saturated heterocycles. The Morgan fingerprint density at radius 2 is 1.70 bits per heavy atom. The number of hydrogen-bond acceptors (Lipinski definition) is 5. The number of amides is 2. The smallest absolute Gasteiger partial charge is 0.409 e. The molecule has 4 rings (SSSR count). The van der Waals surface area contributed by atoms with Crippen LogP contribution in [-0.2, 0) is 9.53 Å². The van der Waals surface area contributed by atoms with Gasteiger partial charge in [-0.1, -0.05) is 12.8 Å². The van der Waals surface area contributed by atoms with Gasteiger partial charge in [0.15, 0.2) is 0 Å². The van der Waals surface area contributed by atoms with Crippen molar-refractivity contribution in [3.8, 4) is 0 Å². The van der Waals surface area contributed by atoms with Crippen molar-refractivity contribution in [1.29, 1.82) is 0 Å². The molecule has 0 spiro atoms. The summed E-state index contributed by atoms with van der Waals surface area (Å²) < 4.78 is 7.14. The Morgan fingerprint density at radius 3 is 2.37 bits per heavy atom. The number of carbonyl (C=O) groups is 2. The standard InChI is InChI=1S/C22H35N5O3/c1-2-30-22(29)26-15-8-18(9-16-26)25-13-10-19(11-14-25)27-20(7-12-23-27)24-21(28)17-5-3-4-6-17/h7,12,17-19H,2-6,8-11,13-16H2,1H3,(H,24,28). The first-order chi connectivity index (χ1) is 14.7. The minimum absolute atomic E-state index is 0.153. The van der Waals surface area contributed by atoms with Gasteiger partial charge in [-0.2, -0.15) is 5.10 Å². The third-order valence-corrected chi connectivity index (χ3v) is 7.00. The van der Waals surface area contributed by atoms with Crippen molar-refractivity contribution in [2.75, 3.05) is 38.1 Å². The summed E-state index contributed by atoms with van der Waals surface area (Å²) in [6.07, 6.45) is 10.0. The fraction of sp³-hybridized carbons (Fsp3) is 0.773.